The second kappa shape index (κ2) is 6.62. The Labute approximate surface area is 142 Å². The number of aliphatic hydroxyl groups is 1. The van der Waals surface area contributed by atoms with E-state index in [1.54, 1.807) is 12.3 Å². The Morgan fingerprint density at radius 2 is 2.00 bits per heavy atom. The van der Waals surface area contributed by atoms with E-state index in [1.807, 2.05) is 47.8 Å². The highest BCUT2D eigenvalue weighted by Gasteiger charge is 2.25. The number of nitrogens with zero attached hydrogens (tertiary/aromatic N) is 1. The third-order valence-electron chi connectivity index (χ3n) is 3.40. The molecule has 0 saturated heterocycles. The molecule has 1 aromatic carbocycles. The summed E-state index contributed by atoms with van der Waals surface area (Å²) in [4.78, 5) is 17.4. The van der Waals surface area contributed by atoms with Crippen LogP contribution in [0.15, 0.2) is 53.2 Å². The van der Waals surface area contributed by atoms with Crippen LogP contribution >= 0.6 is 22.7 Å². The molecule has 0 saturated carbocycles. The van der Waals surface area contributed by atoms with Crippen molar-refractivity contribution in [2.24, 2.45) is 0 Å². The van der Waals surface area contributed by atoms with Crippen molar-refractivity contribution < 1.29 is 9.90 Å². The second-order valence-electron chi connectivity index (χ2n) is 5.34. The van der Waals surface area contributed by atoms with E-state index in [9.17, 15) is 9.90 Å². The van der Waals surface area contributed by atoms with Crippen LogP contribution in [0.2, 0.25) is 0 Å². The molecular weight excluding hydrogens is 328 g/mol. The van der Waals surface area contributed by atoms with Crippen LogP contribution in [0, 0.1) is 0 Å². The smallest absolute Gasteiger partial charge is 0.270 e. The largest absolute Gasteiger partial charge is 0.383 e. The lowest BCUT2D eigenvalue weighted by molar-refractivity contribution is 0.0555. The summed E-state index contributed by atoms with van der Waals surface area (Å²) in [5.74, 6) is -0.278. The van der Waals surface area contributed by atoms with Crippen molar-refractivity contribution >= 4 is 28.6 Å². The average molecular weight is 344 g/mol. The summed E-state index contributed by atoms with van der Waals surface area (Å²) >= 11 is 2.89. The van der Waals surface area contributed by atoms with E-state index in [2.05, 4.69) is 10.3 Å². The average Bonchev–Trinajstić information content (AvgIpc) is 3.25. The Morgan fingerprint density at radius 3 is 2.70 bits per heavy atom. The first kappa shape index (κ1) is 15.9. The molecule has 2 heterocycles. The lowest BCUT2D eigenvalue weighted by atomic mass is 10.1. The second-order valence-corrected chi connectivity index (χ2v) is 7.14. The number of carbonyl (C=O) groups excluding carboxylic acids is 1. The summed E-state index contributed by atoms with van der Waals surface area (Å²) in [6.07, 6.45) is 0. The van der Waals surface area contributed by atoms with Crippen molar-refractivity contribution in [2.75, 3.05) is 6.54 Å². The van der Waals surface area contributed by atoms with Crippen LogP contribution < -0.4 is 5.32 Å². The molecule has 0 radical (unpaired) electrons. The normalized spacial score (nSPS) is 13.5. The quantitative estimate of drug-likeness (QED) is 0.744. The SMILES string of the molecule is C[C@](O)(CNC(=O)c1csc(-c2ccccc2)n1)c1cccs1. The Morgan fingerprint density at radius 1 is 1.22 bits per heavy atom. The van der Waals surface area contributed by atoms with E-state index in [1.165, 1.54) is 22.7 Å². The lowest BCUT2D eigenvalue weighted by Crippen LogP contribution is -2.38. The Bertz CT molecular complexity index is 780. The van der Waals surface area contributed by atoms with Gasteiger partial charge in [0.2, 0.25) is 0 Å². The number of hydrogen-bond acceptors (Lipinski definition) is 5. The number of rotatable bonds is 5. The molecule has 118 valence electrons. The molecule has 2 aromatic heterocycles. The molecule has 3 aromatic rings. The number of benzene rings is 1. The van der Waals surface area contributed by atoms with Gasteiger partial charge in [-0.2, -0.15) is 0 Å². The standard InChI is InChI=1S/C17H16N2O2S2/c1-17(21,14-8-5-9-22-14)11-18-15(20)13-10-23-16(19-13)12-6-3-2-4-7-12/h2-10,21H,11H2,1H3,(H,18,20)/t17-/m0/s1. The van der Waals surface area contributed by atoms with Crippen molar-refractivity contribution in [1.82, 2.24) is 10.3 Å². The van der Waals surface area contributed by atoms with Gasteiger partial charge in [-0.1, -0.05) is 36.4 Å². The van der Waals surface area contributed by atoms with Gasteiger partial charge in [-0.05, 0) is 18.4 Å². The molecule has 3 rings (SSSR count). The van der Waals surface area contributed by atoms with Gasteiger partial charge in [-0.15, -0.1) is 22.7 Å². The predicted octanol–water partition coefficient (Wildman–Crippen LogP) is 3.51. The molecule has 4 nitrogen and oxygen atoms in total. The summed E-state index contributed by atoms with van der Waals surface area (Å²) in [6.45, 7) is 1.83. The van der Waals surface area contributed by atoms with Crippen LogP contribution in [0.5, 0.6) is 0 Å². The number of amides is 1. The Hall–Kier alpha value is -2.02. The summed E-state index contributed by atoms with van der Waals surface area (Å²) in [6, 6.07) is 13.5. The van der Waals surface area contributed by atoms with Crippen LogP contribution in [0.1, 0.15) is 22.3 Å². The molecule has 0 aliphatic carbocycles. The zero-order valence-corrected chi connectivity index (χ0v) is 14.2. The van der Waals surface area contributed by atoms with E-state index in [4.69, 9.17) is 0 Å². The predicted molar refractivity (Wildman–Crippen MR) is 93.8 cm³/mol. The number of thiophene rings is 1. The van der Waals surface area contributed by atoms with Gasteiger partial charge in [0.15, 0.2) is 0 Å². The maximum atomic E-state index is 12.2. The first-order valence-electron chi connectivity index (χ1n) is 7.12. The maximum Gasteiger partial charge on any atom is 0.270 e. The highest BCUT2D eigenvalue weighted by atomic mass is 32.1. The highest BCUT2D eigenvalue weighted by Crippen LogP contribution is 2.25. The summed E-state index contributed by atoms with van der Waals surface area (Å²) in [7, 11) is 0. The van der Waals surface area contributed by atoms with Crippen LogP contribution in [0.3, 0.4) is 0 Å². The van der Waals surface area contributed by atoms with E-state index in [0.29, 0.717) is 5.69 Å². The third kappa shape index (κ3) is 3.67. The number of carbonyl (C=O) groups is 1. The molecule has 0 aliphatic rings. The van der Waals surface area contributed by atoms with E-state index in [-0.39, 0.29) is 12.5 Å². The minimum absolute atomic E-state index is 0.143. The number of hydrogen-bond donors (Lipinski definition) is 2. The topological polar surface area (TPSA) is 62.2 Å². The van der Waals surface area contributed by atoms with E-state index in [0.717, 1.165) is 15.4 Å². The number of nitrogens with one attached hydrogen (secondary N) is 1. The summed E-state index contributed by atoms with van der Waals surface area (Å²) in [5, 5.41) is 17.6. The van der Waals surface area contributed by atoms with Crippen molar-refractivity contribution in [1.29, 1.82) is 0 Å². The first-order chi connectivity index (χ1) is 11.1. The molecule has 23 heavy (non-hydrogen) atoms. The zero-order valence-electron chi connectivity index (χ0n) is 12.5. The Kier molecular flexibility index (Phi) is 4.56. The van der Waals surface area contributed by atoms with Gasteiger partial charge in [0.05, 0.1) is 6.54 Å². The van der Waals surface area contributed by atoms with Gasteiger partial charge in [-0.25, -0.2) is 4.98 Å². The minimum atomic E-state index is -1.08. The zero-order chi connectivity index (χ0) is 16.3. The fourth-order valence-corrected chi connectivity index (χ4v) is 3.70. The monoisotopic (exact) mass is 344 g/mol. The number of aromatic nitrogens is 1. The molecule has 0 spiro atoms. The summed E-state index contributed by atoms with van der Waals surface area (Å²) < 4.78 is 0. The van der Waals surface area contributed by atoms with Crippen molar-refractivity contribution in [2.45, 2.75) is 12.5 Å². The van der Waals surface area contributed by atoms with Gasteiger partial charge in [0, 0.05) is 15.8 Å². The number of thiazole rings is 1. The fourth-order valence-electron chi connectivity index (χ4n) is 2.11. The van der Waals surface area contributed by atoms with Gasteiger partial charge in [-0.3, -0.25) is 4.79 Å². The molecule has 0 unspecified atom stereocenters. The van der Waals surface area contributed by atoms with Crippen molar-refractivity contribution in [3.8, 4) is 10.6 Å². The van der Waals surface area contributed by atoms with E-state index < -0.39 is 5.60 Å². The van der Waals surface area contributed by atoms with Crippen molar-refractivity contribution in [3.05, 3.63) is 63.8 Å². The van der Waals surface area contributed by atoms with Gasteiger partial charge in [0.25, 0.3) is 5.91 Å². The first-order valence-corrected chi connectivity index (χ1v) is 8.88. The highest BCUT2D eigenvalue weighted by molar-refractivity contribution is 7.13. The van der Waals surface area contributed by atoms with Crippen LogP contribution in [0.4, 0.5) is 0 Å². The minimum Gasteiger partial charge on any atom is -0.383 e. The van der Waals surface area contributed by atoms with Crippen LogP contribution in [-0.4, -0.2) is 22.5 Å². The molecule has 1 atom stereocenters. The maximum absolute atomic E-state index is 12.2. The van der Waals surface area contributed by atoms with Crippen LogP contribution in [-0.2, 0) is 5.60 Å². The van der Waals surface area contributed by atoms with Crippen molar-refractivity contribution in [3.63, 3.8) is 0 Å². The molecular formula is C17H16N2O2S2. The van der Waals surface area contributed by atoms with Gasteiger partial charge >= 0.3 is 0 Å². The summed E-state index contributed by atoms with van der Waals surface area (Å²) in [5.41, 5.74) is 0.278. The molecule has 6 heteroatoms. The molecule has 0 bridgehead atoms. The molecule has 2 N–H and O–H groups in total. The van der Waals surface area contributed by atoms with Crippen LogP contribution in [0.25, 0.3) is 10.6 Å². The molecule has 0 aliphatic heterocycles. The Balaban J connectivity index is 1.66. The van der Waals surface area contributed by atoms with E-state index >= 15 is 0 Å². The molecule has 1 amide bonds. The molecule has 0 fully saturated rings. The third-order valence-corrected chi connectivity index (χ3v) is 5.42. The van der Waals surface area contributed by atoms with Gasteiger partial charge in [0.1, 0.15) is 16.3 Å². The van der Waals surface area contributed by atoms with Gasteiger partial charge < -0.3 is 10.4 Å². The fraction of sp³-hybridized carbons (Fsp3) is 0.176. The lowest BCUT2D eigenvalue weighted by Gasteiger charge is -2.21.